The zero-order valence-electron chi connectivity index (χ0n) is 14.4. The summed E-state index contributed by atoms with van der Waals surface area (Å²) in [4.78, 5) is 24.0. The first-order chi connectivity index (χ1) is 12.2. The Morgan fingerprint density at radius 1 is 1.20 bits per heavy atom. The third kappa shape index (κ3) is 3.60. The summed E-state index contributed by atoms with van der Waals surface area (Å²) in [6.07, 6.45) is 6.61. The molecule has 0 bridgehead atoms. The number of hydrogen-bond donors (Lipinski definition) is 1. The number of aromatic nitrogens is 2. The van der Waals surface area contributed by atoms with Gasteiger partial charge in [-0.15, -0.1) is 0 Å². The number of likely N-dealkylation sites (tertiary alicyclic amines) is 1. The number of amides is 1. The maximum atomic E-state index is 12.4. The van der Waals surface area contributed by atoms with Crippen molar-refractivity contribution in [2.75, 3.05) is 31.1 Å². The van der Waals surface area contributed by atoms with E-state index in [9.17, 15) is 4.79 Å². The molecule has 0 radical (unpaired) electrons. The second kappa shape index (κ2) is 6.98. The molecule has 25 heavy (non-hydrogen) atoms. The van der Waals surface area contributed by atoms with Gasteiger partial charge >= 0.3 is 0 Å². The molecule has 2 fully saturated rings. The van der Waals surface area contributed by atoms with E-state index in [4.69, 9.17) is 4.74 Å². The third-order valence-electron chi connectivity index (χ3n) is 5.26. The van der Waals surface area contributed by atoms with Crippen molar-refractivity contribution in [3.8, 4) is 0 Å². The Morgan fingerprint density at radius 2 is 2.08 bits per heavy atom. The first-order valence-corrected chi connectivity index (χ1v) is 8.93. The van der Waals surface area contributed by atoms with Crippen LogP contribution in [0.25, 0.3) is 0 Å². The molecule has 0 saturated carbocycles. The number of carbonyl (C=O) groups excluding carboxylic acids is 1. The molecule has 1 spiro atoms. The number of anilines is 1. The SMILES string of the molecule is O=C1COC2(CCCN(Cc3cnc[nH]3)CC2)CN1c1ccccc1. The topological polar surface area (TPSA) is 61.5 Å². The highest BCUT2D eigenvalue weighted by atomic mass is 16.5. The Morgan fingerprint density at radius 3 is 2.88 bits per heavy atom. The largest absolute Gasteiger partial charge is 0.363 e. The number of morpholine rings is 1. The van der Waals surface area contributed by atoms with E-state index >= 15 is 0 Å². The lowest BCUT2D eigenvalue weighted by atomic mass is 9.92. The van der Waals surface area contributed by atoms with Gasteiger partial charge in [0, 0.05) is 30.7 Å². The first-order valence-electron chi connectivity index (χ1n) is 8.93. The molecule has 1 amide bonds. The molecule has 2 aromatic rings. The van der Waals surface area contributed by atoms with E-state index in [0.717, 1.165) is 50.3 Å². The quantitative estimate of drug-likeness (QED) is 0.930. The fraction of sp³-hybridized carbons (Fsp3) is 0.474. The fourth-order valence-corrected chi connectivity index (χ4v) is 3.85. The summed E-state index contributed by atoms with van der Waals surface area (Å²) in [5, 5.41) is 0. The van der Waals surface area contributed by atoms with Crippen molar-refractivity contribution < 1.29 is 9.53 Å². The van der Waals surface area contributed by atoms with Crippen molar-refractivity contribution in [3.63, 3.8) is 0 Å². The Balaban J connectivity index is 1.45. The Hall–Kier alpha value is -2.18. The minimum Gasteiger partial charge on any atom is -0.363 e. The van der Waals surface area contributed by atoms with Gasteiger partial charge in [0.1, 0.15) is 6.61 Å². The van der Waals surface area contributed by atoms with E-state index in [2.05, 4.69) is 14.9 Å². The van der Waals surface area contributed by atoms with Gasteiger partial charge in [-0.2, -0.15) is 0 Å². The lowest BCUT2D eigenvalue weighted by Gasteiger charge is -2.42. The number of imidazole rings is 1. The molecule has 132 valence electrons. The number of ether oxygens (including phenoxy) is 1. The average Bonchev–Trinajstić information content (AvgIpc) is 3.08. The van der Waals surface area contributed by atoms with E-state index in [1.54, 1.807) is 6.33 Å². The Labute approximate surface area is 147 Å². The molecule has 2 aliphatic rings. The number of benzene rings is 1. The van der Waals surface area contributed by atoms with Crippen LogP contribution in [0.15, 0.2) is 42.9 Å². The summed E-state index contributed by atoms with van der Waals surface area (Å²) in [6, 6.07) is 9.92. The van der Waals surface area contributed by atoms with Gasteiger partial charge in [-0.05, 0) is 37.9 Å². The van der Waals surface area contributed by atoms with Gasteiger partial charge in [-0.25, -0.2) is 4.98 Å². The van der Waals surface area contributed by atoms with Gasteiger partial charge in [0.2, 0.25) is 0 Å². The normalized spacial score (nSPS) is 25.3. The summed E-state index contributed by atoms with van der Waals surface area (Å²) < 4.78 is 6.10. The van der Waals surface area contributed by atoms with Crippen LogP contribution < -0.4 is 4.90 Å². The summed E-state index contributed by atoms with van der Waals surface area (Å²) in [5.74, 6) is 0.0513. The van der Waals surface area contributed by atoms with Crippen LogP contribution in [-0.4, -0.2) is 52.6 Å². The monoisotopic (exact) mass is 340 g/mol. The molecule has 1 atom stereocenters. The van der Waals surface area contributed by atoms with Crippen LogP contribution in [0.2, 0.25) is 0 Å². The van der Waals surface area contributed by atoms with E-state index < -0.39 is 0 Å². The molecule has 0 aliphatic carbocycles. The summed E-state index contributed by atoms with van der Waals surface area (Å²) in [5.41, 5.74) is 1.88. The van der Waals surface area contributed by atoms with Crippen molar-refractivity contribution >= 4 is 11.6 Å². The molecule has 1 aromatic carbocycles. The smallest absolute Gasteiger partial charge is 0.253 e. The molecular formula is C19H24N4O2. The minimum atomic E-state index is -0.230. The zero-order valence-corrected chi connectivity index (χ0v) is 14.4. The molecule has 6 heteroatoms. The minimum absolute atomic E-state index is 0.0513. The maximum Gasteiger partial charge on any atom is 0.253 e. The number of carbonyl (C=O) groups is 1. The number of nitrogens with one attached hydrogen (secondary N) is 1. The average molecular weight is 340 g/mol. The van der Waals surface area contributed by atoms with E-state index in [1.165, 1.54) is 0 Å². The second-order valence-electron chi connectivity index (χ2n) is 6.99. The first kappa shape index (κ1) is 16.3. The number of aromatic amines is 1. The summed E-state index contributed by atoms with van der Waals surface area (Å²) in [6.45, 7) is 3.72. The van der Waals surface area contributed by atoms with Crippen molar-refractivity contribution in [1.29, 1.82) is 0 Å². The van der Waals surface area contributed by atoms with E-state index in [0.29, 0.717) is 6.54 Å². The Bertz CT molecular complexity index is 703. The van der Waals surface area contributed by atoms with Crippen molar-refractivity contribution in [3.05, 3.63) is 48.5 Å². The Kier molecular flexibility index (Phi) is 4.55. The number of nitrogens with zero attached hydrogens (tertiary/aromatic N) is 3. The molecular weight excluding hydrogens is 316 g/mol. The third-order valence-corrected chi connectivity index (χ3v) is 5.26. The highest BCUT2D eigenvalue weighted by Crippen LogP contribution is 2.33. The van der Waals surface area contributed by atoms with Crippen LogP contribution in [0.3, 0.4) is 0 Å². The van der Waals surface area contributed by atoms with Crippen LogP contribution in [0, 0.1) is 0 Å². The van der Waals surface area contributed by atoms with Gasteiger partial charge in [-0.1, -0.05) is 18.2 Å². The molecule has 1 aromatic heterocycles. The highest BCUT2D eigenvalue weighted by Gasteiger charge is 2.41. The lowest BCUT2D eigenvalue weighted by Crippen LogP contribution is -2.55. The number of rotatable bonds is 3. The molecule has 6 nitrogen and oxygen atoms in total. The van der Waals surface area contributed by atoms with Gasteiger partial charge in [0.25, 0.3) is 5.91 Å². The standard InChI is InChI=1S/C19H24N4O2/c24-18-13-25-19(14-23(18)17-5-2-1-3-6-17)7-4-9-22(10-8-19)12-16-11-20-15-21-16/h1-3,5-6,11,15H,4,7-10,12-14H2,(H,20,21). The number of para-hydroxylation sites is 1. The van der Waals surface area contributed by atoms with Gasteiger partial charge < -0.3 is 14.6 Å². The highest BCUT2D eigenvalue weighted by molar-refractivity contribution is 5.95. The second-order valence-corrected chi connectivity index (χ2v) is 6.99. The van der Waals surface area contributed by atoms with Crippen molar-refractivity contribution in [2.45, 2.75) is 31.4 Å². The van der Waals surface area contributed by atoms with Crippen molar-refractivity contribution in [1.82, 2.24) is 14.9 Å². The van der Waals surface area contributed by atoms with Crippen molar-refractivity contribution in [2.24, 2.45) is 0 Å². The van der Waals surface area contributed by atoms with Gasteiger partial charge in [0.15, 0.2) is 0 Å². The summed E-state index contributed by atoms with van der Waals surface area (Å²) in [7, 11) is 0. The number of hydrogen-bond acceptors (Lipinski definition) is 4. The maximum absolute atomic E-state index is 12.4. The van der Waals surface area contributed by atoms with Crippen LogP contribution in [0.5, 0.6) is 0 Å². The van der Waals surface area contributed by atoms with E-state index in [1.807, 2.05) is 41.4 Å². The molecule has 3 heterocycles. The lowest BCUT2D eigenvalue weighted by molar-refractivity contribution is -0.140. The molecule has 2 aliphatic heterocycles. The van der Waals surface area contributed by atoms with Crippen LogP contribution in [0.4, 0.5) is 5.69 Å². The molecule has 4 rings (SSSR count). The molecule has 2 saturated heterocycles. The zero-order chi connectivity index (χ0) is 17.1. The van der Waals surface area contributed by atoms with Crippen LogP contribution in [-0.2, 0) is 16.1 Å². The predicted octanol–water partition coefficient (Wildman–Crippen LogP) is 2.20. The van der Waals surface area contributed by atoms with E-state index in [-0.39, 0.29) is 18.1 Å². The molecule has 1 N–H and O–H groups in total. The predicted molar refractivity (Wildman–Crippen MR) is 95.2 cm³/mol. The van der Waals surface area contributed by atoms with Crippen LogP contribution >= 0.6 is 0 Å². The van der Waals surface area contributed by atoms with Gasteiger partial charge in [-0.3, -0.25) is 9.69 Å². The fourth-order valence-electron chi connectivity index (χ4n) is 3.85. The van der Waals surface area contributed by atoms with Crippen LogP contribution in [0.1, 0.15) is 25.0 Å². The summed E-state index contributed by atoms with van der Waals surface area (Å²) >= 11 is 0. The molecule has 1 unspecified atom stereocenters. The number of H-pyrrole nitrogens is 1. The van der Waals surface area contributed by atoms with Gasteiger partial charge in [0.05, 0.1) is 18.5 Å².